The first-order valence-corrected chi connectivity index (χ1v) is 9.80. The van der Waals surface area contributed by atoms with Crippen molar-refractivity contribution in [1.82, 2.24) is 5.43 Å². The fraction of sp³-hybridized carbons (Fsp3) is 0. The summed E-state index contributed by atoms with van der Waals surface area (Å²) in [6.45, 7) is 0. The Balaban J connectivity index is 1.75. The molecule has 8 heteroatoms. The van der Waals surface area contributed by atoms with Crippen molar-refractivity contribution >= 4 is 38.9 Å². The van der Waals surface area contributed by atoms with Gasteiger partial charge in [-0.25, -0.2) is 8.42 Å². The van der Waals surface area contributed by atoms with Crippen LogP contribution in [0.4, 0.5) is 11.4 Å². The first kappa shape index (κ1) is 18.8. The summed E-state index contributed by atoms with van der Waals surface area (Å²) in [6, 6.07) is 21.2. The molecule has 0 aromatic heterocycles. The molecule has 0 unspecified atom stereocenters. The molecule has 0 aliphatic carbocycles. The Kier molecular flexibility index (Phi) is 5.63. The number of carbonyl (C=O) groups is 1. The zero-order chi connectivity index (χ0) is 19.3. The molecule has 3 aromatic carbocycles. The summed E-state index contributed by atoms with van der Waals surface area (Å²) in [5.41, 5.74) is 6.54. The van der Waals surface area contributed by atoms with E-state index in [-0.39, 0.29) is 10.5 Å². The zero-order valence-electron chi connectivity index (χ0n) is 14.0. The third-order valence-electron chi connectivity index (χ3n) is 3.58. The maximum absolute atomic E-state index is 12.6. The second kappa shape index (κ2) is 8.11. The van der Waals surface area contributed by atoms with E-state index in [0.717, 1.165) is 0 Å². The molecule has 0 fully saturated rings. The molecule has 0 radical (unpaired) electrons. The number of halogens is 1. The molecule has 0 spiro atoms. The van der Waals surface area contributed by atoms with Crippen LogP contribution in [-0.4, -0.2) is 14.3 Å². The molecule has 3 rings (SSSR count). The van der Waals surface area contributed by atoms with Crippen LogP contribution < -0.4 is 15.6 Å². The fourth-order valence-corrected chi connectivity index (χ4v) is 3.58. The molecule has 0 saturated carbocycles. The number of hydrazine groups is 1. The van der Waals surface area contributed by atoms with Crippen LogP contribution in [0.2, 0.25) is 5.02 Å². The molecule has 0 aliphatic heterocycles. The molecular weight excluding hydrogens is 386 g/mol. The number of nitrogens with one attached hydrogen (secondary N) is 3. The van der Waals surface area contributed by atoms with E-state index in [0.29, 0.717) is 16.4 Å². The number of sulfonamides is 1. The summed E-state index contributed by atoms with van der Waals surface area (Å²) in [5, 5.41) is 0.412. The van der Waals surface area contributed by atoms with Crippen LogP contribution in [0.1, 0.15) is 10.4 Å². The molecule has 0 saturated heterocycles. The monoisotopic (exact) mass is 401 g/mol. The molecule has 0 atom stereocenters. The van der Waals surface area contributed by atoms with Gasteiger partial charge in [-0.2, -0.15) is 0 Å². The predicted octanol–water partition coefficient (Wildman–Crippen LogP) is 3.90. The first-order chi connectivity index (χ1) is 12.9. The van der Waals surface area contributed by atoms with E-state index in [9.17, 15) is 13.2 Å². The number of para-hydroxylation sites is 1. The van der Waals surface area contributed by atoms with Crippen molar-refractivity contribution in [1.29, 1.82) is 0 Å². The Morgan fingerprint density at radius 2 is 1.52 bits per heavy atom. The summed E-state index contributed by atoms with van der Waals surface area (Å²) < 4.78 is 27.6. The van der Waals surface area contributed by atoms with Crippen molar-refractivity contribution in [2.24, 2.45) is 0 Å². The lowest BCUT2D eigenvalue weighted by Crippen LogP contribution is -2.29. The topological polar surface area (TPSA) is 87.3 Å². The predicted molar refractivity (Wildman–Crippen MR) is 106 cm³/mol. The average molecular weight is 402 g/mol. The smallest absolute Gasteiger partial charge is 0.269 e. The lowest BCUT2D eigenvalue weighted by Gasteiger charge is -2.11. The van der Waals surface area contributed by atoms with Gasteiger partial charge in [-0.15, -0.1) is 0 Å². The van der Waals surface area contributed by atoms with Crippen LogP contribution in [0.3, 0.4) is 0 Å². The maximum atomic E-state index is 12.6. The van der Waals surface area contributed by atoms with Gasteiger partial charge in [0.1, 0.15) is 0 Å². The largest absolute Gasteiger partial charge is 0.298 e. The van der Waals surface area contributed by atoms with Gasteiger partial charge in [0.25, 0.3) is 15.9 Å². The number of rotatable bonds is 6. The normalized spacial score (nSPS) is 10.9. The van der Waals surface area contributed by atoms with E-state index < -0.39 is 15.9 Å². The Morgan fingerprint density at radius 1 is 0.815 bits per heavy atom. The highest BCUT2D eigenvalue weighted by molar-refractivity contribution is 7.92. The van der Waals surface area contributed by atoms with Crippen molar-refractivity contribution in [2.75, 3.05) is 10.1 Å². The summed E-state index contributed by atoms with van der Waals surface area (Å²) in [5.74, 6) is -0.460. The highest BCUT2D eigenvalue weighted by Crippen LogP contribution is 2.20. The summed E-state index contributed by atoms with van der Waals surface area (Å²) in [4.78, 5) is 12.3. The second-order valence-electron chi connectivity index (χ2n) is 5.59. The summed E-state index contributed by atoms with van der Waals surface area (Å²) >= 11 is 5.88. The molecule has 1 amide bonds. The molecule has 3 aromatic rings. The molecular formula is C19H16ClN3O3S. The van der Waals surface area contributed by atoms with Gasteiger partial charge in [-0.1, -0.05) is 41.9 Å². The highest BCUT2D eigenvalue weighted by Gasteiger charge is 2.16. The lowest BCUT2D eigenvalue weighted by atomic mass is 10.2. The van der Waals surface area contributed by atoms with Crippen LogP contribution in [-0.2, 0) is 10.0 Å². The van der Waals surface area contributed by atoms with Gasteiger partial charge < -0.3 is 0 Å². The van der Waals surface area contributed by atoms with Crippen molar-refractivity contribution in [3.8, 4) is 0 Å². The van der Waals surface area contributed by atoms with Crippen molar-refractivity contribution in [3.63, 3.8) is 0 Å². The van der Waals surface area contributed by atoms with E-state index >= 15 is 0 Å². The van der Waals surface area contributed by atoms with Crippen LogP contribution in [0.5, 0.6) is 0 Å². The van der Waals surface area contributed by atoms with Gasteiger partial charge in [0, 0.05) is 10.6 Å². The third kappa shape index (κ3) is 4.99. The van der Waals surface area contributed by atoms with Crippen molar-refractivity contribution in [3.05, 3.63) is 89.4 Å². The number of hydrogen-bond acceptors (Lipinski definition) is 4. The second-order valence-corrected chi connectivity index (χ2v) is 7.71. The van der Waals surface area contributed by atoms with E-state index in [2.05, 4.69) is 15.6 Å². The maximum Gasteiger partial charge on any atom is 0.269 e. The van der Waals surface area contributed by atoms with Crippen LogP contribution in [0.25, 0.3) is 0 Å². The summed E-state index contributed by atoms with van der Waals surface area (Å²) in [7, 11) is -3.86. The minimum atomic E-state index is -3.86. The van der Waals surface area contributed by atoms with Crippen LogP contribution in [0, 0.1) is 0 Å². The Morgan fingerprint density at radius 3 is 2.26 bits per heavy atom. The molecule has 3 N–H and O–H groups in total. The Bertz CT molecular complexity index is 1060. The number of benzene rings is 3. The van der Waals surface area contributed by atoms with Gasteiger partial charge in [0.15, 0.2) is 0 Å². The number of anilines is 2. The number of hydrogen-bond donors (Lipinski definition) is 3. The van der Waals surface area contributed by atoms with Crippen LogP contribution >= 0.6 is 11.6 Å². The van der Waals surface area contributed by atoms with E-state index in [1.165, 1.54) is 30.3 Å². The minimum Gasteiger partial charge on any atom is -0.298 e. The van der Waals surface area contributed by atoms with E-state index in [1.807, 2.05) is 18.2 Å². The molecule has 0 aliphatic rings. The molecule has 0 heterocycles. The zero-order valence-corrected chi connectivity index (χ0v) is 15.6. The minimum absolute atomic E-state index is 0.0326. The van der Waals surface area contributed by atoms with Crippen molar-refractivity contribution < 1.29 is 13.2 Å². The quantitative estimate of drug-likeness (QED) is 0.547. The van der Waals surface area contributed by atoms with Gasteiger partial charge in [-0.05, 0) is 48.5 Å². The highest BCUT2D eigenvalue weighted by atomic mass is 35.5. The van der Waals surface area contributed by atoms with Gasteiger partial charge >= 0.3 is 0 Å². The summed E-state index contributed by atoms with van der Waals surface area (Å²) in [6.07, 6.45) is 0. The van der Waals surface area contributed by atoms with Gasteiger partial charge in [0.05, 0.1) is 16.3 Å². The van der Waals surface area contributed by atoms with Gasteiger partial charge in [-0.3, -0.25) is 20.4 Å². The SMILES string of the molecule is O=C(NNc1ccccc1)c1cccc(S(=O)(=O)Nc2cccc(Cl)c2)c1. The van der Waals surface area contributed by atoms with E-state index in [1.54, 1.807) is 30.3 Å². The first-order valence-electron chi connectivity index (χ1n) is 7.94. The van der Waals surface area contributed by atoms with Crippen LogP contribution in [0.15, 0.2) is 83.8 Å². The van der Waals surface area contributed by atoms with Crippen molar-refractivity contribution in [2.45, 2.75) is 4.90 Å². The van der Waals surface area contributed by atoms with Gasteiger partial charge in [0.2, 0.25) is 0 Å². The fourth-order valence-electron chi connectivity index (χ4n) is 2.29. The molecule has 6 nitrogen and oxygen atoms in total. The number of amides is 1. The lowest BCUT2D eigenvalue weighted by molar-refractivity contribution is 0.0962. The standard InChI is InChI=1S/C19H16ClN3O3S/c20-15-7-5-10-17(13-15)23-27(25,26)18-11-4-6-14(12-18)19(24)22-21-16-8-2-1-3-9-16/h1-13,21,23H,(H,22,24). The average Bonchev–Trinajstić information content (AvgIpc) is 2.67. The molecule has 27 heavy (non-hydrogen) atoms. The molecule has 138 valence electrons. The van der Waals surface area contributed by atoms with E-state index in [4.69, 9.17) is 11.6 Å². The Hall–Kier alpha value is -3.03. The Labute approximate surface area is 162 Å². The number of carbonyl (C=O) groups excluding carboxylic acids is 1. The molecule has 0 bridgehead atoms. The third-order valence-corrected chi connectivity index (χ3v) is 5.19.